The summed E-state index contributed by atoms with van der Waals surface area (Å²) < 4.78 is 45.3. The highest BCUT2D eigenvalue weighted by molar-refractivity contribution is 5.79. The zero-order valence-electron chi connectivity index (χ0n) is 9.53. The third-order valence-corrected chi connectivity index (χ3v) is 2.02. The van der Waals surface area contributed by atoms with Gasteiger partial charge in [0.15, 0.2) is 0 Å². The summed E-state index contributed by atoms with van der Waals surface area (Å²) in [6.45, 7) is 0. The van der Waals surface area contributed by atoms with E-state index in [0.29, 0.717) is 11.9 Å². The van der Waals surface area contributed by atoms with Gasteiger partial charge in [0.2, 0.25) is 0 Å². The van der Waals surface area contributed by atoms with Crippen LogP contribution in [0.3, 0.4) is 0 Å². The van der Waals surface area contributed by atoms with E-state index in [1.807, 2.05) is 0 Å². The highest BCUT2D eigenvalue weighted by Crippen LogP contribution is 2.31. The normalized spacial score (nSPS) is 12.1. The molecule has 0 aliphatic carbocycles. The Bertz CT molecular complexity index is 438. The Morgan fingerprint density at radius 1 is 1.33 bits per heavy atom. The SMILES string of the molecule is CO/C=C(/CC=O)c1ccccc1OC(F)(F)F. The fraction of sp³-hybridized carbons (Fsp3) is 0.250. The number of aldehydes is 1. The number of carbonyl (C=O) groups excluding carboxylic acids is 1. The van der Waals surface area contributed by atoms with Crippen LogP contribution in [0.25, 0.3) is 5.57 Å². The van der Waals surface area contributed by atoms with Crippen LogP contribution >= 0.6 is 0 Å². The molecule has 1 rings (SSSR count). The number of hydrogen-bond acceptors (Lipinski definition) is 3. The molecule has 0 spiro atoms. The number of alkyl halides is 3. The lowest BCUT2D eigenvalue weighted by molar-refractivity contribution is -0.274. The fourth-order valence-corrected chi connectivity index (χ4v) is 1.40. The monoisotopic (exact) mass is 260 g/mol. The van der Waals surface area contributed by atoms with Crippen molar-refractivity contribution in [3.63, 3.8) is 0 Å². The molecule has 98 valence electrons. The van der Waals surface area contributed by atoms with Crippen LogP contribution in [0.1, 0.15) is 12.0 Å². The molecule has 0 saturated heterocycles. The summed E-state index contributed by atoms with van der Waals surface area (Å²) in [6, 6.07) is 5.56. The van der Waals surface area contributed by atoms with Crippen LogP contribution in [-0.2, 0) is 9.53 Å². The van der Waals surface area contributed by atoms with Gasteiger partial charge in [0.1, 0.15) is 12.0 Å². The zero-order chi connectivity index (χ0) is 13.6. The molecule has 0 N–H and O–H groups in total. The van der Waals surface area contributed by atoms with Gasteiger partial charge in [-0.1, -0.05) is 18.2 Å². The summed E-state index contributed by atoms with van der Waals surface area (Å²) in [6.07, 6.45) is -3.05. The van der Waals surface area contributed by atoms with Gasteiger partial charge in [0.05, 0.1) is 13.4 Å². The second kappa shape index (κ2) is 6.09. The number of carbonyl (C=O) groups is 1. The van der Waals surface area contributed by atoms with Crippen molar-refractivity contribution >= 4 is 11.9 Å². The smallest absolute Gasteiger partial charge is 0.504 e. The lowest BCUT2D eigenvalue weighted by Crippen LogP contribution is -2.18. The van der Waals surface area contributed by atoms with Crippen LogP contribution < -0.4 is 4.74 Å². The molecule has 1 aromatic carbocycles. The number of allylic oxidation sites excluding steroid dienone is 1. The number of ether oxygens (including phenoxy) is 2. The quantitative estimate of drug-likeness (QED) is 0.602. The molecular weight excluding hydrogens is 249 g/mol. The van der Waals surface area contributed by atoms with E-state index < -0.39 is 6.36 Å². The standard InChI is InChI=1S/C12H11F3O3/c1-17-8-9(6-7-16)10-4-2-3-5-11(10)18-12(13,14)15/h2-5,7-8H,6H2,1H3/b9-8-. The van der Waals surface area contributed by atoms with Gasteiger partial charge in [0.25, 0.3) is 0 Å². The van der Waals surface area contributed by atoms with E-state index >= 15 is 0 Å². The Morgan fingerprint density at radius 2 is 2.00 bits per heavy atom. The Hall–Kier alpha value is -1.98. The van der Waals surface area contributed by atoms with Gasteiger partial charge in [-0.15, -0.1) is 13.2 Å². The van der Waals surface area contributed by atoms with Crippen molar-refractivity contribution in [1.29, 1.82) is 0 Å². The van der Waals surface area contributed by atoms with E-state index in [9.17, 15) is 18.0 Å². The van der Waals surface area contributed by atoms with Crippen LogP contribution in [-0.4, -0.2) is 19.8 Å². The van der Waals surface area contributed by atoms with Gasteiger partial charge in [-0.05, 0) is 6.07 Å². The minimum absolute atomic E-state index is 0.0634. The molecule has 0 aromatic heterocycles. The molecule has 0 saturated carbocycles. The van der Waals surface area contributed by atoms with E-state index in [2.05, 4.69) is 4.74 Å². The van der Waals surface area contributed by atoms with Crippen LogP contribution in [0.15, 0.2) is 30.5 Å². The molecule has 18 heavy (non-hydrogen) atoms. The number of halogens is 3. The Labute approximate surface area is 102 Å². The zero-order valence-corrected chi connectivity index (χ0v) is 9.53. The highest BCUT2D eigenvalue weighted by Gasteiger charge is 2.32. The molecule has 0 fully saturated rings. The van der Waals surface area contributed by atoms with Gasteiger partial charge in [-0.2, -0.15) is 0 Å². The van der Waals surface area contributed by atoms with Crippen molar-refractivity contribution in [2.45, 2.75) is 12.8 Å². The van der Waals surface area contributed by atoms with Gasteiger partial charge in [0, 0.05) is 17.6 Å². The molecule has 1 aromatic rings. The van der Waals surface area contributed by atoms with E-state index in [4.69, 9.17) is 4.74 Å². The van der Waals surface area contributed by atoms with Crippen LogP contribution in [0.4, 0.5) is 13.2 Å². The van der Waals surface area contributed by atoms with Crippen molar-refractivity contribution in [1.82, 2.24) is 0 Å². The highest BCUT2D eigenvalue weighted by atomic mass is 19.4. The maximum Gasteiger partial charge on any atom is 0.573 e. The number of rotatable bonds is 5. The molecule has 6 heteroatoms. The van der Waals surface area contributed by atoms with Gasteiger partial charge in [-0.25, -0.2) is 0 Å². The second-order valence-electron chi connectivity index (χ2n) is 3.29. The topological polar surface area (TPSA) is 35.5 Å². The first kappa shape index (κ1) is 14.1. The molecule has 0 amide bonds. The van der Waals surface area contributed by atoms with E-state index in [-0.39, 0.29) is 17.7 Å². The van der Waals surface area contributed by atoms with E-state index in [1.54, 1.807) is 6.07 Å². The first-order valence-electron chi connectivity index (χ1n) is 4.98. The van der Waals surface area contributed by atoms with E-state index in [1.165, 1.54) is 31.6 Å². The van der Waals surface area contributed by atoms with Crippen LogP contribution in [0.2, 0.25) is 0 Å². The second-order valence-corrected chi connectivity index (χ2v) is 3.29. The summed E-state index contributed by atoms with van der Waals surface area (Å²) in [5.74, 6) is -0.366. The lowest BCUT2D eigenvalue weighted by atomic mass is 10.0. The number of benzene rings is 1. The fourth-order valence-electron chi connectivity index (χ4n) is 1.40. The van der Waals surface area contributed by atoms with E-state index in [0.717, 1.165) is 0 Å². The average molecular weight is 260 g/mol. The third-order valence-electron chi connectivity index (χ3n) is 2.02. The lowest BCUT2D eigenvalue weighted by Gasteiger charge is -2.14. The summed E-state index contributed by atoms with van der Waals surface area (Å²) >= 11 is 0. The number of para-hydroxylation sites is 1. The predicted molar refractivity (Wildman–Crippen MR) is 58.8 cm³/mol. The predicted octanol–water partition coefficient (Wildman–Crippen LogP) is 3.16. The Balaban J connectivity index is 3.14. The van der Waals surface area contributed by atoms with Crippen molar-refractivity contribution in [3.05, 3.63) is 36.1 Å². The maximum absolute atomic E-state index is 12.2. The average Bonchev–Trinajstić information content (AvgIpc) is 2.27. The summed E-state index contributed by atoms with van der Waals surface area (Å²) in [5, 5.41) is 0. The molecule has 0 unspecified atom stereocenters. The largest absolute Gasteiger partial charge is 0.573 e. The number of methoxy groups -OCH3 is 1. The molecule has 0 bridgehead atoms. The van der Waals surface area contributed by atoms with Gasteiger partial charge in [-0.3, -0.25) is 0 Å². The minimum Gasteiger partial charge on any atom is -0.504 e. The van der Waals surface area contributed by atoms with Crippen molar-refractivity contribution in [2.75, 3.05) is 7.11 Å². The molecule has 0 aliphatic rings. The maximum atomic E-state index is 12.2. The summed E-state index contributed by atoms with van der Waals surface area (Å²) in [5.41, 5.74) is 0.483. The molecule has 3 nitrogen and oxygen atoms in total. The Morgan fingerprint density at radius 3 is 2.56 bits per heavy atom. The Kier molecular flexibility index (Phi) is 4.76. The van der Waals surface area contributed by atoms with Crippen molar-refractivity contribution in [2.24, 2.45) is 0 Å². The first-order chi connectivity index (χ1) is 8.48. The van der Waals surface area contributed by atoms with Gasteiger partial charge < -0.3 is 14.3 Å². The summed E-state index contributed by atoms with van der Waals surface area (Å²) in [4.78, 5) is 10.5. The summed E-state index contributed by atoms with van der Waals surface area (Å²) in [7, 11) is 1.35. The number of hydrogen-bond donors (Lipinski definition) is 0. The molecule has 0 heterocycles. The molecular formula is C12H11F3O3. The van der Waals surface area contributed by atoms with Crippen molar-refractivity contribution in [3.8, 4) is 5.75 Å². The van der Waals surface area contributed by atoms with Crippen LogP contribution in [0, 0.1) is 0 Å². The minimum atomic E-state index is -4.78. The van der Waals surface area contributed by atoms with Crippen molar-refractivity contribution < 1.29 is 27.4 Å². The molecule has 0 aliphatic heterocycles. The van der Waals surface area contributed by atoms with Crippen LogP contribution in [0.5, 0.6) is 5.75 Å². The van der Waals surface area contributed by atoms with Gasteiger partial charge >= 0.3 is 6.36 Å². The third kappa shape index (κ3) is 4.12. The molecule has 0 radical (unpaired) electrons. The molecule has 0 atom stereocenters. The first-order valence-corrected chi connectivity index (χ1v) is 4.98.